The molecule has 20 heavy (non-hydrogen) atoms. The van der Waals surface area contributed by atoms with Crippen LogP contribution in [0.4, 0.5) is 0 Å². The van der Waals surface area contributed by atoms with Gasteiger partial charge in [0.2, 0.25) is 0 Å². The highest BCUT2D eigenvalue weighted by Crippen LogP contribution is 2.13. The predicted molar refractivity (Wildman–Crippen MR) is 80.4 cm³/mol. The van der Waals surface area contributed by atoms with Gasteiger partial charge in [-0.25, -0.2) is 0 Å². The van der Waals surface area contributed by atoms with Crippen LogP contribution in [0.2, 0.25) is 0 Å². The summed E-state index contributed by atoms with van der Waals surface area (Å²) in [6.45, 7) is 7.29. The molecular formula is C16H22N2O2. The van der Waals surface area contributed by atoms with Gasteiger partial charge in [-0.1, -0.05) is 32.0 Å². The molecule has 2 aromatic rings. The lowest BCUT2D eigenvalue weighted by Crippen LogP contribution is -2.20. The van der Waals surface area contributed by atoms with Crippen LogP contribution < -0.4 is 10.3 Å². The first-order valence-electron chi connectivity index (χ1n) is 7.06. The van der Waals surface area contributed by atoms with Gasteiger partial charge >= 0.3 is 0 Å². The van der Waals surface area contributed by atoms with Crippen molar-refractivity contribution in [2.24, 2.45) is 0 Å². The summed E-state index contributed by atoms with van der Waals surface area (Å²) >= 11 is 0. The molecule has 2 rings (SSSR count). The number of benzene rings is 1. The molecule has 0 saturated heterocycles. The lowest BCUT2D eigenvalue weighted by atomic mass is 10.1. The molecule has 4 nitrogen and oxygen atoms in total. The van der Waals surface area contributed by atoms with Gasteiger partial charge in [0, 0.05) is 24.2 Å². The van der Waals surface area contributed by atoms with Crippen LogP contribution in [-0.4, -0.2) is 16.4 Å². The van der Waals surface area contributed by atoms with E-state index in [0.29, 0.717) is 13.2 Å². The molecule has 0 spiro atoms. The van der Waals surface area contributed by atoms with Crippen molar-refractivity contribution in [2.75, 3.05) is 6.61 Å². The van der Waals surface area contributed by atoms with Crippen LogP contribution in [0.3, 0.4) is 0 Å². The number of nitrogens with zero attached hydrogens (tertiary/aromatic N) is 1. The van der Waals surface area contributed by atoms with Crippen LogP contribution in [0.15, 0.2) is 35.1 Å². The molecule has 0 bridgehead atoms. The topological polar surface area (TPSA) is 47.0 Å². The molecule has 1 aromatic heterocycles. The first kappa shape index (κ1) is 14.4. The molecule has 0 fully saturated rings. The molecule has 1 aromatic carbocycles. The van der Waals surface area contributed by atoms with E-state index in [1.54, 1.807) is 4.68 Å². The Hall–Kier alpha value is -1.97. The van der Waals surface area contributed by atoms with E-state index < -0.39 is 0 Å². The third-order valence-corrected chi connectivity index (χ3v) is 3.30. The van der Waals surface area contributed by atoms with Crippen LogP contribution in [0.1, 0.15) is 37.4 Å². The van der Waals surface area contributed by atoms with Gasteiger partial charge < -0.3 is 4.74 Å². The summed E-state index contributed by atoms with van der Waals surface area (Å²) in [6.07, 6.45) is 0.798. The van der Waals surface area contributed by atoms with Gasteiger partial charge in [-0.15, -0.1) is 0 Å². The number of hydrogen-bond donors (Lipinski definition) is 1. The normalized spacial score (nSPS) is 11.0. The van der Waals surface area contributed by atoms with Crippen LogP contribution in [0.5, 0.6) is 5.75 Å². The quantitative estimate of drug-likeness (QED) is 0.823. The molecule has 1 heterocycles. The number of H-pyrrole nitrogens is 1. The smallest absolute Gasteiger partial charge is 0.270 e. The van der Waals surface area contributed by atoms with Gasteiger partial charge in [-0.05, 0) is 25.0 Å². The number of ether oxygens (including phenoxy) is 1. The molecule has 0 radical (unpaired) electrons. The van der Waals surface area contributed by atoms with E-state index in [1.165, 1.54) is 0 Å². The Morgan fingerprint density at radius 2 is 1.95 bits per heavy atom. The van der Waals surface area contributed by atoms with Crippen molar-refractivity contribution in [3.05, 3.63) is 51.9 Å². The second-order valence-corrected chi connectivity index (χ2v) is 5.28. The average molecular weight is 274 g/mol. The molecule has 0 saturated carbocycles. The van der Waals surface area contributed by atoms with Gasteiger partial charge in [-0.3, -0.25) is 14.6 Å². The maximum Gasteiger partial charge on any atom is 0.270 e. The summed E-state index contributed by atoms with van der Waals surface area (Å²) in [5.41, 5.74) is 1.94. The maximum atomic E-state index is 12.2. The fourth-order valence-corrected chi connectivity index (χ4v) is 2.39. The number of rotatable bonds is 6. The first-order valence-corrected chi connectivity index (χ1v) is 7.06. The molecule has 0 aliphatic heterocycles. The second kappa shape index (κ2) is 6.46. The zero-order valence-electron chi connectivity index (χ0n) is 12.3. The van der Waals surface area contributed by atoms with E-state index >= 15 is 0 Å². The fourth-order valence-electron chi connectivity index (χ4n) is 2.39. The Bertz CT molecular complexity index is 597. The highest BCUT2D eigenvalue weighted by atomic mass is 16.5. The molecule has 1 N–H and O–H groups in total. The van der Waals surface area contributed by atoms with Crippen LogP contribution in [-0.2, 0) is 6.54 Å². The molecule has 0 amide bonds. The minimum absolute atomic E-state index is 0.0946. The van der Waals surface area contributed by atoms with E-state index in [1.807, 2.05) is 51.1 Å². The summed E-state index contributed by atoms with van der Waals surface area (Å²) in [6, 6.07) is 9.72. The van der Waals surface area contributed by atoms with E-state index in [-0.39, 0.29) is 11.5 Å². The van der Waals surface area contributed by atoms with Crippen LogP contribution >= 0.6 is 0 Å². The number of para-hydroxylation sites is 1. The summed E-state index contributed by atoms with van der Waals surface area (Å²) in [5, 5.41) is 3.14. The predicted octanol–water partition coefficient (Wildman–Crippen LogP) is 3.08. The number of aromatic amines is 1. The Balaban J connectivity index is 1.89. The van der Waals surface area contributed by atoms with Gasteiger partial charge in [-0.2, -0.15) is 0 Å². The maximum absolute atomic E-state index is 12.2. The Labute approximate surface area is 119 Å². The SMILES string of the molecule is Cc1[nH]n(CCCOc2ccccc2)c(=O)c1C(C)C. The van der Waals surface area contributed by atoms with Crippen molar-refractivity contribution in [1.82, 2.24) is 9.78 Å². The first-order chi connectivity index (χ1) is 9.59. The molecule has 0 aliphatic rings. The fraction of sp³-hybridized carbons (Fsp3) is 0.438. The summed E-state index contributed by atoms with van der Waals surface area (Å²) in [4.78, 5) is 12.2. The molecule has 4 heteroatoms. The molecule has 108 valence electrons. The van der Waals surface area contributed by atoms with E-state index in [0.717, 1.165) is 23.4 Å². The van der Waals surface area contributed by atoms with Gasteiger partial charge in [0.05, 0.1) is 6.61 Å². The van der Waals surface area contributed by atoms with Crippen LogP contribution in [0, 0.1) is 6.92 Å². The molecule has 0 aliphatic carbocycles. The van der Waals surface area contributed by atoms with Crippen molar-refractivity contribution in [3.63, 3.8) is 0 Å². The Kier molecular flexibility index (Phi) is 4.66. The zero-order valence-corrected chi connectivity index (χ0v) is 12.3. The number of hydrogen-bond acceptors (Lipinski definition) is 2. The Morgan fingerprint density at radius 1 is 1.25 bits per heavy atom. The molecule has 0 unspecified atom stereocenters. The molecule has 0 atom stereocenters. The molecular weight excluding hydrogens is 252 g/mol. The van der Waals surface area contributed by atoms with Crippen molar-refractivity contribution < 1.29 is 4.74 Å². The van der Waals surface area contributed by atoms with Crippen LogP contribution in [0.25, 0.3) is 0 Å². The largest absolute Gasteiger partial charge is 0.494 e. The lowest BCUT2D eigenvalue weighted by molar-refractivity contribution is 0.297. The van der Waals surface area contributed by atoms with E-state index in [9.17, 15) is 4.79 Å². The van der Waals surface area contributed by atoms with Gasteiger partial charge in [0.1, 0.15) is 5.75 Å². The number of aromatic nitrogens is 2. The number of aryl methyl sites for hydroxylation is 2. The highest BCUT2D eigenvalue weighted by molar-refractivity contribution is 5.21. The average Bonchev–Trinajstić information content (AvgIpc) is 2.71. The third-order valence-electron chi connectivity index (χ3n) is 3.30. The van der Waals surface area contributed by atoms with Gasteiger partial charge in [0.15, 0.2) is 0 Å². The minimum Gasteiger partial charge on any atom is -0.494 e. The minimum atomic E-state index is 0.0946. The van der Waals surface area contributed by atoms with Crippen molar-refractivity contribution in [1.29, 1.82) is 0 Å². The van der Waals surface area contributed by atoms with Gasteiger partial charge in [0.25, 0.3) is 5.56 Å². The lowest BCUT2D eigenvalue weighted by Gasteiger charge is -2.06. The summed E-state index contributed by atoms with van der Waals surface area (Å²) < 4.78 is 7.30. The zero-order chi connectivity index (χ0) is 14.5. The van der Waals surface area contributed by atoms with Crippen molar-refractivity contribution in [3.8, 4) is 5.75 Å². The second-order valence-electron chi connectivity index (χ2n) is 5.28. The van der Waals surface area contributed by atoms with E-state index in [2.05, 4.69) is 5.10 Å². The summed E-state index contributed by atoms with van der Waals surface area (Å²) in [7, 11) is 0. The summed E-state index contributed by atoms with van der Waals surface area (Å²) in [5.74, 6) is 1.12. The Morgan fingerprint density at radius 3 is 2.55 bits per heavy atom. The third kappa shape index (κ3) is 3.32. The monoisotopic (exact) mass is 274 g/mol. The van der Waals surface area contributed by atoms with Crippen molar-refractivity contribution in [2.45, 2.75) is 39.7 Å². The number of nitrogens with one attached hydrogen (secondary N) is 1. The standard InChI is InChI=1S/C16H22N2O2/c1-12(2)15-13(3)17-18(16(15)19)10-7-11-20-14-8-5-4-6-9-14/h4-6,8-9,12,17H,7,10-11H2,1-3H3. The van der Waals surface area contributed by atoms with E-state index in [4.69, 9.17) is 4.74 Å². The van der Waals surface area contributed by atoms with Crippen molar-refractivity contribution >= 4 is 0 Å². The highest BCUT2D eigenvalue weighted by Gasteiger charge is 2.13.